The van der Waals surface area contributed by atoms with Crippen molar-refractivity contribution in [3.63, 3.8) is 0 Å². The van der Waals surface area contributed by atoms with Gasteiger partial charge in [0.2, 0.25) is 0 Å². The smallest absolute Gasteiger partial charge is 0.119 e. The van der Waals surface area contributed by atoms with E-state index in [2.05, 4.69) is 38.1 Å². The van der Waals surface area contributed by atoms with Crippen LogP contribution in [0.5, 0.6) is 5.75 Å². The minimum Gasteiger partial charge on any atom is -0.492 e. The van der Waals surface area contributed by atoms with Crippen LogP contribution in [-0.4, -0.2) is 6.61 Å². The lowest BCUT2D eigenvalue weighted by atomic mass is 10.00. The van der Waals surface area contributed by atoms with Gasteiger partial charge in [-0.05, 0) is 29.2 Å². The Balaban J connectivity index is 1.94. The van der Waals surface area contributed by atoms with E-state index >= 15 is 0 Å². The van der Waals surface area contributed by atoms with Crippen molar-refractivity contribution in [2.45, 2.75) is 25.8 Å². The van der Waals surface area contributed by atoms with Crippen molar-refractivity contribution in [2.24, 2.45) is 5.73 Å². The highest BCUT2D eigenvalue weighted by Gasteiger charge is 2.07. The Labute approximate surface area is 115 Å². The van der Waals surface area contributed by atoms with Gasteiger partial charge in [0, 0.05) is 0 Å². The first-order valence-electron chi connectivity index (χ1n) is 6.70. The van der Waals surface area contributed by atoms with Crippen LogP contribution in [0.4, 0.5) is 0 Å². The predicted molar refractivity (Wildman–Crippen MR) is 79.4 cm³/mol. The van der Waals surface area contributed by atoms with E-state index in [0.717, 1.165) is 11.3 Å². The number of para-hydroxylation sites is 1. The Morgan fingerprint density at radius 2 is 1.47 bits per heavy atom. The molecule has 2 nitrogen and oxygen atoms in total. The fourth-order valence-corrected chi connectivity index (χ4v) is 1.93. The fourth-order valence-electron chi connectivity index (χ4n) is 1.93. The molecule has 0 aliphatic carbocycles. The average Bonchev–Trinajstić information content (AvgIpc) is 2.46. The lowest BCUT2D eigenvalue weighted by Crippen LogP contribution is -2.19. The molecule has 19 heavy (non-hydrogen) atoms. The third kappa shape index (κ3) is 3.83. The maximum Gasteiger partial charge on any atom is 0.119 e. The van der Waals surface area contributed by atoms with Gasteiger partial charge in [0.15, 0.2) is 0 Å². The summed E-state index contributed by atoms with van der Waals surface area (Å²) in [6.07, 6.45) is 0. The highest BCUT2D eigenvalue weighted by atomic mass is 16.5. The molecule has 2 N–H and O–H groups in total. The van der Waals surface area contributed by atoms with Crippen LogP contribution in [-0.2, 0) is 0 Å². The molecular weight excluding hydrogens is 234 g/mol. The third-order valence-electron chi connectivity index (χ3n) is 3.20. The van der Waals surface area contributed by atoms with Crippen molar-refractivity contribution in [1.82, 2.24) is 0 Å². The Kier molecular flexibility index (Phi) is 4.58. The van der Waals surface area contributed by atoms with Crippen LogP contribution < -0.4 is 10.5 Å². The highest BCUT2D eigenvalue weighted by Crippen LogP contribution is 2.18. The van der Waals surface area contributed by atoms with Gasteiger partial charge in [-0.3, -0.25) is 0 Å². The first-order chi connectivity index (χ1) is 9.16. The quantitative estimate of drug-likeness (QED) is 0.879. The van der Waals surface area contributed by atoms with Crippen LogP contribution in [0.15, 0.2) is 54.6 Å². The molecule has 0 radical (unpaired) electrons. The van der Waals surface area contributed by atoms with E-state index in [1.165, 1.54) is 5.56 Å². The van der Waals surface area contributed by atoms with Gasteiger partial charge < -0.3 is 10.5 Å². The summed E-state index contributed by atoms with van der Waals surface area (Å²) in [7, 11) is 0. The van der Waals surface area contributed by atoms with Gasteiger partial charge in [-0.25, -0.2) is 0 Å². The lowest BCUT2D eigenvalue weighted by molar-refractivity contribution is 0.290. The summed E-state index contributed by atoms with van der Waals surface area (Å²) in [6, 6.07) is 18.1. The van der Waals surface area contributed by atoms with Gasteiger partial charge in [0.05, 0.1) is 6.04 Å². The summed E-state index contributed by atoms with van der Waals surface area (Å²) < 4.78 is 5.67. The first-order valence-corrected chi connectivity index (χ1v) is 6.70. The van der Waals surface area contributed by atoms with Crippen molar-refractivity contribution >= 4 is 0 Å². The molecule has 100 valence electrons. The SMILES string of the molecule is CC(C)c1ccc(C(N)COc2ccccc2)cc1. The Hall–Kier alpha value is -1.80. The standard InChI is InChI=1S/C17H21NO/c1-13(2)14-8-10-15(11-9-14)17(18)12-19-16-6-4-3-5-7-16/h3-11,13,17H,12,18H2,1-2H3. The molecule has 0 saturated carbocycles. The summed E-state index contributed by atoms with van der Waals surface area (Å²) in [4.78, 5) is 0. The fraction of sp³-hybridized carbons (Fsp3) is 0.294. The van der Waals surface area contributed by atoms with Crippen LogP contribution in [0.3, 0.4) is 0 Å². The van der Waals surface area contributed by atoms with Gasteiger partial charge in [0.25, 0.3) is 0 Å². The van der Waals surface area contributed by atoms with Gasteiger partial charge in [-0.15, -0.1) is 0 Å². The molecule has 2 rings (SSSR count). The van der Waals surface area contributed by atoms with Gasteiger partial charge in [-0.2, -0.15) is 0 Å². The largest absolute Gasteiger partial charge is 0.492 e. The molecule has 2 heteroatoms. The predicted octanol–water partition coefficient (Wildman–Crippen LogP) is 3.89. The topological polar surface area (TPSA) is 35.2 Å². The molecule has 0 aliphatic heterocycles. The molecule has 2 aromatic rings. The van der Waals surface area contributed by atoms with Crippen LogP contribution >= 0.6 is 0 Å². The minimum absolute atomic E-state index is 0.0959. The summed E-state index contributed by atoms with van der Waals surface area (Å²) >= 11 is 0. The molecule has 1 atom stereocenters. The molecule has 0 heterocycles. The number of benzene rings is 2. The number of rotatable bonds is 5. The molecule has 2 aromatic carbocycles. The summed E-state index contributed by atoms with van der Waals surface area (Å²) in [5, 5.41) is 0. The summed E-state index contributed by atoms with van der Waals surface area (Å²) in [5.41, 5.74) is 8.59. The van der Waals surface area contributed by atoms with Crippen LogP contribution in [0.25, 0.3) is 0 Å². The highest BCUT2D eigenvalue weighted by molar-refractivity contribution is 5.27. The molecule has 0 fully saturated rings. The second kappa shape index (κ2) is 6.39. The second-order valence-electron chi connectivity index (χ2n) is 5.05. The van der Waals surface area contributed by atoms with E-state index in [1.54, 1.807) is 0 Å². The van der Waals surface area contributed by atoms with Crippen LogP contribution in [0.1, 0.15) is 36.9 Å². The molecule has 0 aliphatic rings. The molecule has 0 bridgehead atoms. The maximum atomic E-state index is 6.14. The normalized spacial score (nSPS) is 12.4. The molecule has 0 saturated heterocycles. The summed E-state index contributed by atoms with van der Waals surface area (Å²) in [6.45, 7) is 4.87. The van der Waals surface area contributed by atoms with Gasteiger partial charge in [0.1, 0.15) is 12.4 Å². The molecular formula is C17H21NO. The maximum absolute atomic E-state index is 6.14. The molecule has 0 amide bonds. The second-order valence-corrected chi connectivity index (χ2v) is 5.05. The van der Waals surface area contributed by atoms with E-state index in [4.69, 9.17) is 10.5 Å². The van der Waals surface area contributed by atoms with Crippen molar-refractivity contribution < 1.29 is 4.74 Å². The monoisotopic (exact) mass is 255 g/mol. The van der Waals surface area contributed by atoms with E-state index in [1.807, 2.05) is 30.3 Å². The first kappa shape index (κ1) is 13.6. The average molecular weight is 255 g/mol. The Bertz CT molecular complexity index is 490. The van der Waals surface area contributed by atoms with Crippen LogP contribution in [0, 0.1) is 0 Å². The van der Waals surface area contributed by atoms with Crippen molar-refractivity contribution in [3.05, 3.63) is 65.7 Å². The molecule has 0 aromatic heterocycles. The zero-order chi connectivity index (χ0) is 13.7. The van der Waals surface area contributed by atoms with Gasteiger partial charge in [-0.1, -0.05) is 56.3 Å². The number of hydrogen-bond acceptors (Lipinski definition) is 2. The van der Waals surface area contributed by atoms with E-state index < -0.39 is 0 Å². The number of nitrogens with two attached hydrogens (primary N) is 1. The van der Waals surface area contributed by atoms with E-state index in [0.29, 0.717) is 12.5 Å². The Morgan fingerprint density at radius 1 is 0.895 bits per heavy atom. The van der Waals surface area contributed by atoms with Crippen molar-refractivity contribution in [2.75, 3.05) is 6.61 Å². The third-order valence-corrected chi connectivity index (χ3v) is 3.20. The van der Waals surface area contributed by atoms with E-state index in [9.17, 15) is 0 Å². The van der Waals surface area contributed by atoms with Crippen LogP contribution in [0.2, 0.25) is 0 Å². The zero-order valence-electron chi connectivity index (χ0n) is 11.5. The minimum atomic E-state index is -0.0959. The Morgan fingerprint density at radius 3 is 2.05 bits per heavy atom. The lowest BCUT2D eigenvalue weighted by Gasteiger charge is -2.14. The zero-order valence-corrected chi connectivity index (χ0v) is 11.5. The summed E-state index contributed by atoms with van der Waals surface area (Å²) in [5.74, 6) is 1.41. The van der Waals surface area contributed by atoms with Crippen molar-refractivity contribution in [3.8, 4) is 5.75 Å². The number of hydrogen-bond donors (Lipinski definition) is 1. The van der Waals surface area contributed by atoms with E-state index in [-0.39, 0.29) is 6.04 Å². The number of ether oxygens (including phenoxy) is 1. The molecule has 0 spiro atoms. The molecule has 1 unspecified atom stereocenters. The van der Waals surface area contributed by atoms with Gasteiger partial charge >= 0.3 is 0 Å². The van der Waals surface area contributed by atoms with Crippen molar-refractivity contribution in [1.29, 1.82) is 0 Å².